The zero-order chi connectivity index (χ0) is 16.8. The molecule has 0 unspecified atom stereocenters. The Hall–Kier alpha value is -1.41. The second-order valence-corrected chi connectivity index (χ2v) is 9.07. The molecule has 1 aromatic rings. The Morgan fingerprint density at radius 1 is 0.955 bits per heavy atom. The highest BCUT2D eigenvalue weighted by Gasteiger charge is 2.15. The van der Waals surface area contributed by atoms with Crippen molar-refractivity contribution in [3.05, 3.63) is 24.3 Å². The summed E-state index contributed by atoms with van der Waals surface area (Å²) in [5.74, 6) is -0.342. The third-order valence-electron chi connectivity index (χ3n) is 3.13. The Balaban J connectivity index is 2.58. The summed E-state index contributed by atoms with van der Waals surface area (Å²) in [5, 5.41) is 0. The van der Waals surface area contributed by atoms with Crippen LogP contribution in [-0.2, 0) is 29.2 Å². The van der Waals surface area contributed by atoms with Crippen LogP contribution in [-0.4, -0.2) is 41.9 Å². The van der Waals surface area contributed by atoms with Crippen LogP contribution in [0.2, 0.25) is 0 Å². The average Bonchev–Trinajstić information content (AvgIpc) is 2.45. The third kappa shape index (κ3) is 5.76. The van der Waals surface area contributed by atoms with Crippen LogP contribution >= 0.6 is 0 Å². The molecular formula is C14H20O6S2. The van der Waals surface area contributed by atoms with Gasteiger partial charge in [0, 0.05) is 12.7 Å². The number of sulfone groups is 2. The number of esters is 1. The number of unbranched alkanes of at least 4 members (excludes halogenated alkanes) is 2. The zero-order valence-electron chi connectivity index (χ0n) is 12.6. The van der Waals surface area contributed by atoms with Gasteiger partial charge < -0.3 is 4.74 Å². The molecule has 0 heterocycles. The van der Waals surface area contributed by atoms with Gasteiger partial charge in [-0.25, -0.2) is 16.8 Å². The lowest BCUT2D eigenvalue weighted by atomic mass is 10.2. The smallest absolute Gasteiger partial charge is 0.305 e. The fourth-order valence-electron chi connectivity index (χ4n) is 1.85. The number of rotatable bonds is 8. The van der Waals surface area contributed by atoms with Gasteiger partial charge in [0.25, 0.3) is 0 Å². The molecule has 8 heteroatoms. The van der Waals surface area contributed by atoms with E-state index in [2.05, 4.69) is 4.74 Å². The molecule has 6 nitrogen and oxygen atoms in total. The van der Waals surface area contributed by atoms with Crippen molar-refractivity contribution < 1.29 is 26.4 Å². The normalized spacial score (nSPS) is 12.1. The zero-order valence-corrected chi connectivity index (χ0v) is 14.2. The quantitative estimate of drug-likeness (QED) is 0.523. The summed E-state index contributed by atoms with van der Waals surface area (Å²) in [5.41, 5.74) is 0. The molecule has 1 rings (SSSR count). The van der Waals surface area contributed by atoms with Crippen LogP contribution in [0.15, 0.2) is 34.1 Å². The molecule has 22 heavy (non-hydrogen) atoms. The van der Waals surface area contributed by atoms with Crippen molar-refractivity contribution in [3.63, 3.8) is 0 Å². The molecule has 0 atom stereocenters. The Morgan fingerprint density at radius 2 is 1.50 bits per heavy atom. The number of carbonyl (C=O) groups excluding carboxylic acids is 1. The lowest BCUT2D eigenvalue weighted by Crippen LogP contribution is -2.08. The SMILES string of the molecule is COC(=O)CCCCCS(=O)(=O)c1ccc(S(C)(=O)=O)cc1. The van der Waals surface area contributed by atoms with E-state index < -0.39 is 19.7 Å². The van der Waals surface area contributed by atoms with Gasteiger partial charge in [-0.05, 0) is 37.1 Å². The molecule has 0 aliphatic heterocycles. The van der Waals surface area contributed by atoms with Gasteiger partial charge in [-0.15, -0.1) is 0 Å². The highest BCUT2D eigenvalue weighted by Crippen LogP contribution is 2.17. The Kier molecular flexibility index (Phi) is 6.55. The van der Waals surface area contributed by atoms with Crippen molar-refractivity contribution in [2.24, 2.45) is 0 Å². The predicted octanol–water partition coefficient (Wildman–Crippen LogP) is 1.60. The highest BCUT2D eigenvalue weighted by atomic mass is 32.2. The van der Waals surface area contributed by atoms with Gasteiger partial charge in [0.1, 0.15) is 0 Å². The van der Waals surface area contributed by atoms with Crippen LogP contribution in [0.25, 0.3) is 0 Å². The lowest BCUT2D eigenvalue weighted by molar-refractivity contribution is -0.140. The lowest BCUT2D eigenvalue weighted by Gasteiger charge is -2.05. The van der Waals surface area contributed by atoms with Crippen LogP contribution < -0.4 is 0 Å². The molecule has 0 saturated carbocycles. The summed E-state index contributed by atoms with van der Waals surface area (Å²) in [6.45, 7) is 0. The Bertz CT molecular complexity index is 702. The molecule has 0 bridgehead atoms. The highest BCUT2D eigenvalue weighted by molar-refractivity contribution is 7.91. The maximum atomic E-state index is 12.1. The molecule has 0 amide bonds. The van der Waals surface area contributed by atoms with E-state index in [0.29, 0.717) is 19.3 Å². The summed E-state index contributed by atoms with van der Waals surface area (Å²) in [6, 6.07) is 5.19. The van der Waals surface area contributed by atoms with Gasteiger partial charge in [-0.2, -0.15) is 0 Å². The summed E-state index contributed by atoms with van der Waals surface area (Å²) in [6.07, 6.45) is 2.97. The molecule has 0 radical (unpaired) electrons. The summed E-state index contributed by atoms with van der Waals surface area (Å²) < 4.78 is 51.4. The number of ether oxygens (including phenoxy) is 1. The van der Waals surface area contributed by atoms with E-state index in [-0.39, 0.29) is 27.9 Å². The van der Waals surface area contributed by atoms with E-state index in [9.17, 15) is 21.6 Å². The Labute approximate surface area is 131 Å². The number of methoxy groups -OCH3 is 1. The summed E-state index contributed by atoms with van der Waals surface area (Å²) >= 11 is 0. The molecule has 0 N–H and O–H groups in total. The van der Waals surface area contributed by atoms with Crippen molar-refractivity contribution in [2.45, 2.75) is 35.5 Å². The molecule has 0 fully saturated rings. The molecule has 0 aromatic heterocycles. The van der Waals surface area contributed by atoms with Crippen LogP contribution in [0.1, 0.15) is 25.7 Å². The molecule has 0 spiro atoms. The molecular weight excluding hydrogens is 328 g/mol. The maximum Gasteiger partial charge on any atom is 0.305 e. The number of carbonyl (C=O) groups is 1. The topological polar surface area (TPSA) is 94.6 Å². The monoisotopic (exact) mass is 348 g/mol. The summed E-state index contributed by atoms with van der Waals surface area (Å²) in [4.78, 5) is 11.1. The largest absolute Gasteiger partial charge is 0.469 e. The van der Waals surface area contributed by atoms with E-state index in [1.165, 1.54) is 31.4 Å². The number of hydrogen-bond donors (Lipinski definition) is 0. The standard InChI is InChI=1S/C14H20O6S2/c1-20-14(15)6-4-3-5-11-22(18,19)13-9-7-12(8-10-13)21(2,16)17/h7-10H,3-6,11H2,1-2H3. The van der Waals surface area contributed by atoms with Crippen LogP contribution in [0.5, 0.6) is 0 Å². The van der Waals surface area contributed by atoms with Crippen LogP contribution in [0, 0.1) is 0 Å². The van der Waals surface area contributed by atoms with Crippen molar-refractivity contribution in [3.8, 4) is 0 Å². The van der Waals surface area contributed by atoms with Crippen molar-refractivity contribution in [1.82, 2.24) is 0 Å². The minimum absolute atomic E-state index is 0.0353. The maximum absolute atomic E-state index is 12.1. The third-order valence-corrected chi connectivity index (χ3v) is 6.08. The molecule has 124 valence electrons. The Morgan fingerprint density at radius 3 is 2.00 bits per heavy atom. The van der Waals surface area contributed by atoms with E-state index >= 15 is 0 Å². The van der Waals surface area contributed by atoms with Crippen LogP contribution in [0.4, 0.5) is 0 Å². The molecule has 1 aromatic carbocycles. The van der Waals surface area contributed by atoms with E-state index in [1.807, 2.05) is 0 Å². The van der Waals surface area contributed by atoms with Crippen molar-refractivity contribution >= 4 is 25.6 Å². The first-order chi connectivity index (χ1) is 10.2. The predicted molar refractivity (Wildman–Crippen MR) is 82.1 cm³/mol. The van der Waals surface area contributed by atoms with Crippen molar-refractivity contribution in [2.75, 3.05) is 19.1 Å². The van der Waals surface area contributed by atoms with Gasteiger partial charge in [0.2, 0.25) is 0 Å². The minimum atomic E-state index is -3.44. The summed E-state index contributed by atoms with van der Waals surface area (Å²) in [7, 11) is -5.47. The second kappa shape index (κ2) is 7.73. The fourth-order valence-corrected chi connectivity index (χ4v) is 3.85. The first kappa shape index (κ1) is 18.6. The van der Waals surface area contributed by atoms with E-state index in [1.54, 1.807) is 0 Å². The fraction of sp³-hybridized carbons (Fsp3) is 0.500. The minimum Gasteiger partial charge on any atom is -0.469 e. The first-order valence-corrected chi connectivity index (χ1v) is 10.3. The molecule has 0 saturated heterocycles. The second-order valence-electron chi connectivity index (χ2n) is 4.95. The number of hydrogen-bond acceptors (Lipinski definition) is 6. The van der Waals surface area contributed by atoms with Gasteiger partial charge in [0.05, 0.1) is 22.7 Å². The van der Waals surface area contributed by atoms with Gasteiger partial charge in [-0.3, -0.25) is 4.79 Å². The van der Waals surface area contributed by atoms with Crippen molar-refractivity contribution in [1.29, 1.82) is 0 Å². The van der Waals surface area contributed by atoms with Gasteiger partial charge in [-0.1, -0.05) is 6.42 Å². The average molecular weight is 348 g/mol. The van der Waals surface area contributed by atoms with Gasteiger partial charge >= 0.3 is 5.97 Å². The van der Waals surface area contributed by atoms with E-state index in [0.717, 1.165) is 6.26 Å². The first-order valence-electron chi connectivity index (χ1n) is 6.76. The van der Waals surface area contributed by atoms with Crippen LogP contribution in [0.3, 0.4) is 0 Å². The molecule has 0 aliphatic carbocycles. The van der Waals surface area contributed by atoms with E-state index in [4.69, 9.17) is 0 Å². The molecule has 0 aliphatic rings. The number of benzene rings is 1. The van der Waals surface area contributed by atoms with Gasteiger partial charge in [0.15, 0.2) is 19.7 Å².